The van der Waals surface area contributed by atoms with E-state index in [1.54, 1.807) is 42.5 Å². The van der Waals surface area contributed by atoms with Crippen LogP contribution in [-0.4, -0.2) is 34.0 Å². The van der Waals surface area contributed by atoms with Crippen LogP contribution < -0.4 is 14.4 Å². The number of sulfonamides is 1. The van der Waals surface area contributed by atoms with Crippen LogP contribution in [0.3, 0.4) is 0 Å². The molecule has 3 aromatic rings. The number of aryl methyl sites for hydroxylation is 1. The first-order valence-corrected chi connectivity index (χ1v) is 11.4. The van der Waals surface area contributed by atoms with E-state index in [0.717, 1.165) is 15.6 Å². The van der Waals surface area contributed by atoms with Gasteiger partial charge >= 0.3 is 0 Å². The number of hydrogen-bond donors (Lipinski definition) is 1. The molecule has 0 spiro atoms. The molecule has 31 heavy (non-hydrogen) atoms. The Morgan fingerprint density at radius 3 is 2.29 bits per heavy atom. The Morgan fingerprint density at radius 2 is 1.58 bits per heavy atom. The molecule has 0 heterocycles. The fraction of sp³-hybridized carbons (Fsp3) is 0.208. The Balaban J connectivity index is 1.75. The third-order valence-electron chi connectivity index (χ3n) is 4.85. The number of hydrogen-bond acceptors (Lipinski definition) is 4. The zero-order chi connectivity index (χ0) is 22.4. The molecule has 0 saturated heterocycles. The standard InChI is InChI=1S/C24H26N2O4S/c1-18-11-7-10-16-23(18)30-17-19(2)25-24(27)21-14-8-9-15-22(21)26(3)31(28,29)20-12-5-4-6-13-20/h4-16,19H,17H2,1-3H3,(H,25,27)/t19-/m0/s1. The second-order valence-electron chi connectivity index (χ2n) is 7.25. The highest BCUT2D eigenvalue weighted by Gasteiger charge is 2.25. The lowest BCUT2D eigenvalue weighted by atomic mass is 10.1. The highest BCUT2D eigenvalue weighted by molar-refractivity contribution is 7.92. The van der Waals surface area contributed by atoms with Crippen LogP contribution >= 0.6 is 0 Å². The molecular weight excluding hydrogens is 412 g/mol. The second-order valence-corrected chi connectivity index (χ2v) is 9.22. The maximum atomic E-state index is 13.0. The number of ether oxygens (including phenoxy) is 1. The van der Waals surface area contributed by atoms with Gasteiger partial charge in [0.15, 0.2) is 0 Å². The summed E-state index contributed by atoms with van der Waals surface area (Å²) in [5, 5.41) is 2.89. The van der Waals surface area contributed by atoms with Gasteiger partial charge in [0.25, 0.3) is 15.9 Å². The van der Waals surface area contributed by atoms with Gasteiger partial charge in [-0.05, 0) is 49.7 Å². The normalized spacial score (nSPS) is 12.1. The van der Waals surface area contributed by atoms with E-state index < -0.39 is 10.0 Å². The fourth-order valence-corrected chi connectivity index (χ4v) is 4.33. The van der Waals surface area contributed by atoms with Crippen LogP contribution in [0.25, 0.3) is 0 Å². The Labute approximate surface area is 183 Å². The van der Waals surface area contributed by atoms with Gasteiger partial charge in [0.05, 0.1) is 22.2 Å². The van der Waals surface area contributed by atoms with Crippen LogP contribution in [0.4, 0.5) is 5.69 Å². The summed E-state index contributed by atoms with van der Waals surface area (Å²) in [5.41, 5.74) is 1.59. The first-order chi connectivity index (χ1) is 14.8. The van der Waals surface area contributed by atoms with Crippen LogP contribution in [0.5, 0.6) is 5.75 Å². The summed E-state index contributed by atoms with van der Waals surface area (Å²) in [6, 6.07) is 22.1. The molecule has 1 N–H and O–H groups in total. The SMILES string of the molecule is Cc1ccccc1OC[C@H](C)NC(=O)c1ccccc1N(C)S(=O)(=O)c1ccccc1. The summed E-state index contributed by atoms with van der Waals surface area (Å²) in [5.74, 6) is 0.393. The van der Waals surface area contributed by atoms with Crippen molar-refractivity contribution in [1.29, 1.82) is 0 Å². The molecule has 7 heteroatoms. The molecule has 0 aliphatic heterocycles. The van der Waals surface area contributed by atoms with Gasteiger partial charge in [-0.3, -0.25) is 9.10 Å². The van der Waals surface area contributed by atoms with Gasteiger partial charge in [0.2, 0.25) is 0 Å². The van der Waals surface area contributed by atoms with Crippen molar-refractivity contribution in [1.82, 2.24) is 5.32 Å². The van der Waals surface area contributed by atoms with Crippen molar-refractivity contribution >= 4 is 21.6 Å². The molecule has 0 saturated carbocycles. The number of carbonyl (C=O) groups excluding carboxylic acids is 1. The van der Waals surface area contributed by atoms with Gasteiger partial charge in [-0.2, -0.15) is 0 Å². The zero-order valence-corrected chi connectivity index (χ0v) is 18.6. The van der Waals surface area contributed by atoms with Crippen molar-refractivity contribution in [2.45, 2.75) is 24.8 Å². The molecule has 0 radical (unpaired) electrons. The predicted octanol–water partition coefficient (Wildman–Crippen LogP) is 4.02. The summed E-state index contributed by atoms with van der Waals surface area (Å²) < 4.78 is 32.9. The van der Waals surface area contributed by atoms with Crippen molar-refractivity contribution in [3.8, 4) is 5.75 Å². The van der Waals surface area contributed by atoms with Crippen molar-refractivity contribution in [2.24, 2.45) is 0 Å². The molecule has 0 aliphatic carbocycles. The predicted molar refractivity (Wildman–Crippen MR) is 122 cm³/mol. The average Bonchev–Trinajstić information content (AvgIpc) is 2.78. The molecule has 6 nitrogen and oxygen atoms in total. The first kappa shape index (κ1) is 22.4. The van der Waals surface area contributed by atoms with Gasteiger partial charge in [-0.25, -0.2) is 8.42 Å². The van der Waals surface area contributed by atoms with Crippen molar-refractivity contribution in [3.63, 3.8) is 0 Å². The summed E-state index contributed by atoms with van der Waals surface area (Å²) >= 11 is 0. The van der Waals surface area contributed by atoms with E-state index >= 15 is 0 Å². The highest BCUT2D eigenvalue weighted by Crippen LogP contribution is 2.25. The zero-order valence-electron chi connectivity index (χ0n) is 17.8. The van der Waals surface area contributed by atoms with Gasteiger partial charge in [0.1, 0.15) is 12.4 Å². The van der Waals surface area contributed by atoms with Crippen LogP contribution in [0.1, 0.15) is 22.8 Å². The van der Waals surface area contributed by atoms with E-state index in [1.165, 1.54) is 19.2 Å². The van der Waals surface area contributed by atoms with Crippen LogP contribution in [0.15, 0.2) is 83.8 Å². The molecular formula is C24H26N2O4S. The Hall–Kier alpha value is -3.32. The number of rotatable bonds is 8. The molecule has 0 aliphatic rings. The topological polar surface area (TPSA) is 75.7 Å². The Bertz CT molecular complexity index is 1150. The maximum Gasteiger partial charge on any atom is 0.264 e. The minimum absolute atomic E-state index is 0.160. The van der Waals surface area contributed by atoms with Gasteiger partial charge in [-0.1, -0.05) is 48.5 Å². The molecule has 3 aromatic carbocycles. The smallest absolute Gasteiger partial charge is 0.264 e. The van der Waals surface area contributed by atoms with Crippen molar-refractivity contribution in [2.75, 3.05) is 18.0 Å². The number of amides is 1. The highest BCUT2D eigenvalue weighted by atomic mass is 32.2. The third kappa shape index (κ3) is 5.24. The number of anilines is 1. The fourth-order valence-electron chi connectivity index (χ4n) is 3.10. The minimum Gasteiger partial charge on any atom is -0.491 e. The number of carbonyl (C=O) groups is 1. The third-order valence-corrected chi connectivity index (χ3v) is 6.64. The number of benzene rings is 3. The van der Waals surface area contributed by atoms with Crippen LogP contribution in [-0.2, 0) is 10.0 Å². The number of nitrogens with one attached hydrogen (secondary N) is 1. The van der Waals surface area contributed by atoms with E-state index in [9.17, 15) is 13.2 Å². The molecule has 162 valence electrons. The summed E-state index contributed by atoms with van der Waals surface area (Å²) in [4.78, 5) is 13.1. The van der Waals surface area contributed by atoms with Crippen LogP contribution in [0.2, 0.25) is 0 Å². The first-order valence-electron chi connectivity index (χ1n) is 9.93. The van der Waals surface area contributed by atoms with E-state index in [-0.39, 0.29) is 29.0 Å². The second kappa shape index (κ2) is 9.66. The molecule has 0 aromatic heterocycles. The van der Waals surface area contributed by atoms with Gasteiger partial charge in [0, 0.05) is 7.05 Å². The van der Waals surface area contributed by atoms with E-state index in [0.29, 0.717) is 5.69 Å². The molecule has 1 amide bonds. The average molecular weight is 439 g/mol. The molecule has 1 atom stereocenters. The quantitative estimate of drug-likeness (QED) is 0.576. The Morgan fingerprint density at radius 1 is 0.968 bits per heavy atom. The molecule has 3 rings (SSSR count). The van der Waals surface area contributed by atoms with Crippen molar-refractivity contribution in [3.05, 3.63) is 90.0 Å². The van der Waals surface area contributed by atoms with Gasteiger partial charge < -0.3 is 10.1 Å². The lowest BCUT2D eigenvalue weighted by Crippen LogP contribution is -2.38. The summed E-state index contributed by atoms with van der Waals surface area (Å²) in [6.45, 7) is 4.08. The summed E-state index contributed by atoms with van der Waals surface area (Å²) in [6.07, 6.45) is 0. The molecule has 0 bridgehead atoms. The summed E-state index contributed by atoms with van der Waals surface area (Å²) in [7, 11) is -2.36. The maximum absolute atomic E-state index is 13.0. The Kier molecular flexibility index (Phi) is 6.97. The largest absolute Gasteiger partial charge is 0.491 e. The van der Waals surface area contributed by atoms with E-state index in [4.69, 9.17) is 4.74 Å². The monoisotopic (exact) mass is 438 g/mol. The number of nitrogens with zero attached hydrogens (tertiary/aromatic N) is 1. The van der Waals surface area contributed by atoms with E-state index in [2.05, 4.69) is 5.32 Å². The van der Waals surface area contributed by atoms with Crippen LogP contribution in [0, 0.1) is 6.92 Å². The lowest BCUT2D eigenvalue weighted by molar-refractivity contribution is 0.0927. The lowest BCUT2D eigenvalue weighted by Gasteiger charge is -2.23. The van der Waals surface area contributed by atoms with E-state index in [1.807, 2.05) is 38.1 Å². The minimum atomic E-state index is -3.80. The number of para-hydroxylation sites is 2. The molecule has 0 unspecified atom stereocenters. The van der Waals surface area contributed by atoms with Crippen molar-refractivity contribution < 1.29 is 17.9 Å². The van der Waals surface area contributed by atoms with Gasteiger partial charge in [-0.15, -0.1) is 0 Å². The molecule has 0 fully saturated rings.